The van der Waals surface area contributed by atoms with Crippen LogP contribution in [-0.4, -0.2) is 50.9 Å². The maximum absolute atomic E-state index is 12.3. The smallest absolute Gasteiger partial charge is 0.358 e. The van der Waals surface area contributed by atoms with E-state index in [1.54, 1.807) is 0 Å². The van der Waals surface area contributed by atoms with Gasteiger partial charge in [-0.3, -0.25) is 23.8 Å². The Labute approximate surface area is 278 Å². The third kappa shape index (κ3) is 7.25. The topological polar surface area (TPSA) is 299 Å². The molecule has 0 bridgehead atoms. The van der Waals surface area contributed by atoms with Gasteiger partial charge in [-0.15, -0.1) is 20.5 Å². The molecule has 0 saturated carbocycles. The minimum atomic E-state index is -5.32. The van der Waals surface area contributed by atoms with E-state index in [-0.39, 0.29) is 25.3 Å². The zero-order chi connectivity index (χ0) is 34.5. The van der Waals surface area contributed by atoms with E-state index in [0.29, 0.717) is 12.1 Å². The first-order valence-electron chi connectivity index (χ1n) is 11.4. The van der Waals surface area contributed by atoms with Crippen LogP contribution >= 0.6 is 51.1 Å². The van der Waals surface area contributed by atoms with Gasteiger partial charge in [-0.05, 0) is 67.6 Å². The number of halogens is 3. The molecule has 242 valence electrons. The van der Waals surface area contributed by atoms with Crippen molar-refractivity contribution >= 4 is 116 Å². The number of nitro benzene ring substituents is 1. The predicted octanol–water partition coefficient (Wildman–Crippen LogP) is 6.46. The third-order valence-electron chi connectivity index (χ3n) is 5.78. The third-order valence-corrected chi connectivity index (χ3v) is 9.94. The van der Waals surface area contributed by atoms with Crippen LogP contribution in [0.3, 0.4) is 0 Å². The summed E-state index contributed by atoms with van der Waals surface area (Å²) in [4.78, 5) is 27.3. The van der Waals surface area contributed by atoms with Crippen molar-refractivity contribution in [3.05, 3.63) is 66.5 Å². The molecular formula is C22H13Br2ClN5O13PS2. The molecular weight excluding hydrogens is 833 g/mol. The van der Waals surface area contributed by atoms with Gasteiger partial charge in [-0.1, -0.05) is 11.6 Å². The molecule has 0 atom stereocenters. The summed E-state index contributed by atoms with van der Waals surface area (Å²) in [5.41, 5.74) is -3.17. The minimum absolute atomic E-state index is 0.0220. The Balaban J connectivity index is 2.04. The van der Waals surface area contributed by atoms with E-state index in [1.165, 1.54) is 0 Å². The summed E-state index contributed by atoms with van der Waals surface area (Å²) in [6.45, 7) is 0. The number of nitrogens with zero attached hydrogens (tertiary/aromatic N) is 5. The lowest BCUT2D eigenvalue weighted by Gasteiger charge is -2.13. The Morgan fingerprint density at radius 1 is 0.783 bits per heavy atom. The van der Waals surface area contributed by atoms with Crippen LogP contribution in [0.25, 0.3) is 10.8 Å². The number of rotatable bonds is 8. The molecule has 0 heterocycles. The first-order valence-corrected chi connectivity index (χ1v) is 17.9. The second-order valence-corrected chi connectivity index (χ2v) is 15.3. The molecule has 0 aliphatic carbocycles. The second-order valence-electron chi connectivity index (χ2n) is 8.78. The summed E-state index contributed by atoms with van der Waals surface area (Å²) in [5.74, 6) is -2.48. The van der Waals surface area contributed by atoms with Crippen molar-refractivity contribution in [3.63, 3.8) is 0 Å². The lowest BCUT2D eigenvalue weighted by molar-refractivity contribution is -0.385. The molecule has 0 aliphatic heterocycles. The molecule has 46 heavy (non-hydrogen) atoms. The van der Waals surface area contributed by atoms with Gasteiger partial charge in [0.05, 0.1) is 24.6 Å². The Hall–Kier alpha value is -3.44. The number of hydrogen-bond acceptors (Lipinski definition) is 13. The van der Waals surface area contributed by atoms with Crippen LogP contribution in [-0.2, 0) is 24.8 Å². The minimum Gasteiger partial charge on any atom is -0.505 e. The van der Waals surface area contributed by atoms with E-state index in [1.807, 2.05) is 0 Å². The molecule has 24 heteroatoms. The molecule has 4 rings (SSSR count). The molecule has 0 saturated heterocycles. The van der Waals surface area contributed by atoms with Crippen molar-refractivity contribution in [1.29, 1.82) is 0 Å². The lowest BCUT2D eigenvalue weighted by Crippen LogP contribution is -2.04. The van der Waals surface area contributed by atoms with Crippen LogP contribution in [0.2, 0.25) is 5.02 Å². The van der Waals surface area contributed by atoms with Gasteiger partial charge >= 0.3 is 7.60 Å². The Morgan fingerprint density at radius 2 is 1.24 bits per heavy atom. The maximum Gasteiger partial charge on any atom is 0.358 e. The van der Waals surface area contributed by atoms with Gasteiger partial charge < -0.3 is 20.0 Å². The molecule has 0 aromatic heterocycles. The fourth-order valence-corrected chi connectivity index (χ4v) is 7.43. The summed E-state index contributed by atoms with van der Waals surface area (Å²) in [6, 6.07) is 6.17. The van der Waals surface area contributed by atoms with Gasteiger partial charge in [0.15, 0.2) is 11.5 Å². The number of phenolic OH excluding ortho intramolecular Hbond substituents is 2. The SMILES string of the molecule is O=[N+]([O-])c1cc(Br)c(N=Nc2c(S(=O)(=O)O)cc3cc(S(=O)(=O)O)c(N=Nc4ccc(Cl)cc4P(=O)(O)O)c(O)c3c2O)c(Br)c1. The van der Waals surface area contributed by atoms with E-state index >= 15 is 0 Å². The number of benzene rings is 4. The van der Waals surface area contributed by atoms with Gasteiger partial charge in [-0.25, -0.2) is 0 Å². The molecule has 18 nitrogen and oxygen atoms in total. The molecule has 0 aliphatic rings. The number of azo groups is 2. The highest BCUT2D eigenvalue weighted by molar-refractivity contribution is 9.11. The molecule has 0 amide bonds. The largest absolute Gasteiger partial charge is 0.505 e. The Kier molecular flexibility index (Phi) is 9.73. The summed E-state index contributed by atoms with van der Waals surface area (Å²) >= 11 is 11.9. The van der Waals surface area contributed by atoms with Crippen molar-refractivity contribution in [2.45, 2.75) is 9.79 Å². The Bertz CT molecular complexity index is 2290. The van der Waals surface area contributed by atoms with Gasteiger partial charge in [0.1, 0.15) is 32.5 Å². The number of non-ortho nitro benzene ring substituents is 1. The van der Waals surface area contributed by atoms with Crippen LogP contribution in [0.1, 0.15) is 0 Å². The van der Waals surface area contributed by atoms with E-state index in [0.717, 1.165) is 30.3 Å². The summed E-state index contributed by atoms with van der Waals surface area (Å²) in [5, 5.41) is 45.6. The quantitative estimate of drug-likeness (QED) is 0.0365. The fraction of sp³-hybridized carbons (Fsp3) is 0. The molecule has 0 unspecified atom stereocenters. The van der Waals surface area contributed by atoms with E-state index in [4.69, 9.17) is 11.6 Å². The van der Waals surface area contributed by atoms with Crippen LogP contribution in [0.4, 0.5) is 28.4 Å². The molecule has 0 radical (unpaired) electrons. The molecule has 0 spiro atoms. The second kappa shape index (κ2) is 12.6. The number of fused-ring (bicyclic) bond motifs is 1. The van der Waals surface area contributed by atoms with E-state index in [2.05, 4.69) is 52.3 Å². The fourth-order valence-electron chi connectivity index (χ4n) is 3.82. The number of nitro groups is 1. The van der Waals surface area contributed by atoms with Crippen LogP contribution in [0.5, 0.6) is 11.5 Å². The first-order chi connectivity index (χ1) is 21.1. The van der Waals surface area contributed by atoms with Crippen LogP contribution < -0.4 is 5.30 Å². The van der Waals surface area contributed by atoms with E-state index in [9.17, 15) is 60.6 Å². The molecule has 4 aromatic rings. The first kappa shape index (κ1) is 35.4. The number of phenols is 2. The average molecular weight is 846 g/mol. The average Bonchev–Trinajstić information content (AvgIpc) is 2.91. The standard InChI is InChI=1S/C22H13Br2ClN5O13PS2/c23-11-6-10(30(33)34)7-12(24)18(11)27-29-20-16(46(41,42)43)4-8-3-15(45(38,39)40)19(21(31)17(8)22(20)32)28-26-13-2-1-9(25)5-14(13)44(35,36)37/h1-7,31-32H,(H2,35,36,37)(H,38,39,40)(H,41,42,43). The predicted molar refractivity (Wildman–Crippen MR) is 167 cm³/mol. The summed E-state index contributed by atoms with van der Waals surface area (Å²) < 4.78 is 80.6. The summed E-state index contributed by atoms with van der Waals surface area (Å²) in [7, 11) is -15.6. The highest BCUT2D eigenvalue weighted by atomic mass is 79.9. The van der Waals surface area contributed by atoms with Crippen molar-refractivity contribution in [1.82, 2.24) is 0 Å². The van der Waals surface area contributed by atoms with Crippen molar-refractivity contribution in [2.24, 2.45) is 20.5 Å². The van der Waals surface area contributed by atoms with Crippen molar-refractivity contribution in [3.8, 4) is 11.5 Å². The van der Waals surface area contributed by atoms with Crippen LogP contribution in [0.15, 0.2) is 81.7 Å². The van der Waals surface area contributed by atoms with Crippen LogP contribution in [0, 0.1) is 10.1 Å². The van der Waals surface area contributed by atoms with E-state index < -0.39 is 87.2 Å². The zero-order valence-electron chi connectivity index (χ0n) is 21.7. The molecule has 0 fully saturated rings. The van der Waals surface area contributed by atoms with Crippen molar-refractivity contribution in [2.75, 3.05) is 0 Å². The molecule has 4 aromatic carbocycles. The van der Waals surface area contributed by atoms with Crippen molar-refractivity contribution < 1.29 is 55.4 Å². The number of hydrogen-bond donors (Lipinski definition) is 6. The highest BCUT2D eigenvalue weighted by Crippen LogP contribution is 2.51. The summed E-state index contributed by atoms with van der Waals surface area (Å²) in [6.07, 6.45) is 0. The number of aromatic hydroxyl groups is 2. The lowest BCUT2D eigenvalue weighted by atomic mass is 10.1. The maximum atomic E-state index is 12.3. The highest BCUT2D eigenvalue weighted by Gasteiger charge is 2.29. The van der Waals surface area contributed by atoms with Gasteiger partial charge in [-0.2, -0.15) is 16.8 Å². The zero-order valence-corrected chi connectivity index (χ0v) is 28.2. The normalized spacial score (nSPS) is 12.8. The van der Waals surface area contributed by atoms with Gasteiger partial charge in [0.2, 0.25) is 0 Å². The Morgan fingerprint density at radius 3 is 1.67 bits per heavy atom. The monoisotopic (exact) mass is 843 g/mol. The van der Waals surface area contributed by atoms with Gasteiger partial charge in [0.25, 0.3) is 25.9 Å². The molecule has 6 N–H and O–H groups in total. The van der Waals surface area contributed by atoms with Gasteiger partial charge in [0, 0.05) is 17.2 Å².